The zero-order valence-corrected chi connectivity index (χ0v) is 12.1. The first-order valence-electron chi connectivity index (χ1n) is 6.91. The van der Waals surface area contributed by atoms with E-state index in [1.807, 2.05) is 31.2 Å². The summed E-state index contributed by atoms with van der Waals surface area (Å²) in [6.07, 6.45) is 0. The highest BCUT2D eigenvalue weighted by Crippen LogP contribution is 2.17. The molecule has 1 aromatic carbocycles. The topological polar surface area (TPSA) is 79.2 Å². The fourth-order valence-corrected chi connectivity index (χ4v) is 2.33. The van der Waals surface area contributed by atoms with Gasteiger partial charge in [0.15, 0.2) is 0 Å². The fraction of sp³-hybridized carbons (Fsp3) is 0.533. The second-order valence-electron chi connectivity index (χ2n) is 5.49. The Kier molecular flexibility index (Phi) is 5.17. The molecule has 6 heteroatoms. The predicted octanol–water partition coefficient (Wildman–Crippen LogP) is 0.522. The highest BCUT2D eigenvalue weighted by molar-refractivity contribution is 5.69. The third kappa shape index (κ3) is 5.00. The molecule has 0 aromatic heterocycles. The lowest BCUT2D eigenvalue weighted by atomic mass is 10.1. The van der Waals surface area contributed by atoms with Crippen LogP contribution in [0.5, 0.6) is 5.75 Å². The Morgan fingerprint density at radius 3 is 3.05 bits per heavy atom. The lowest BCUT2D eigenvalue weighted by Crippen LogP contribution is -2.49. The Labute approximate surface area is 123 Å². The molecule has 1 atom stereocenters. The van der Waals surface area contributed by atoms with Crippen molar-refractivity contribution in [3.8, 4) is 5.75 Å². The third-order valence-electron chi connectivity index (χ3n) is 3.30. The van der Waals surface area contributed by atoms with Gasteiger partial charge in [-0.05, 0) is 24.6 Å². The summed E-state index contributed by atoms with van der Waals surface area (Å²) in [5, 5.41) is 19.5. The van der Waals surface area contributed by atoms with Gasteiger partial charge in [-0.25, -0.2) is 0 Å². The van der Waals surface area contributed by atoms with E-state index in [9.17, 15) is 9.90 Å². The summed E-state index contributed by atoms with van der Waals surface area (Å²) in [7, 11) is 0. The van der Waals surface area contributed by atoms with E-state index in [1.54, 1.807) is 4.90 Å². The summed E-state index contributed by atoms with van der Waals surface area (Å²) in [4.78, 5) is 12.5. The van der Waals surface area contributed by atoms with E-state index >= 15 is 0 Å². The van der Waals surface area contributed by atoms with Crippen molar-refractivity contribution in [1.82, 2.24) is 4.90 Å². The van der Waals surface area contributed by atoms with E-state index in [0.29, 0.717) is 18.9 Å². The monoisotopic (exact) mass is 295 g/mol. The minimum Gasteiger partial charge on any atom is -0.490 e. The zero-order valence-electron chi connectivity index (χ0n) is 12.1. The Hall–Kier alpha value is -1.63. The maximum absolute atomic E-state index is 10.8. The second-order valence-corrected chi connectivity index (χ2v) is 5.49. The largest absolute Gasteiger partial charge is 0.490 e. The quantitative estimate of drug-likeness (QED) is 0.824. The number of carbonyl (C=O) groups is 1. The summed E-state index contributed by atoms with van der Waals surface area (Å²) in [5.74, 6) is -0.240. The van der Waals surface area contributed by atoms with Crippen LogP contribution in [0.3, 0.4) is 0 Å². The van der Waals surface area contributed by atoms with Gasteiger partial charge >= 0.3 is 5.97 Å². The van der Waals surface area contributed by atoms with Crippen molar-refractivity contribution in [2.75, 3.05) is 39.5 Å². The molecule has 21 heavy (non-hydrogen) atoms. The standard InChI is InChI=1S/C15H21NO5/c1-12-3-2-4-13(7-12)21-11-15(19)9-16(8-14(17)18)5-6-20-10-15/h2-4,7,19H,5-6,8-11H2,1H3,(H,17,18). The highest BCUT2D eigenvalue weighted by Gasteiger charge is 2.34. The molecule has 1 saturated heterocycles. The van der Waals surface area contributed by atoms with E-state index in [0.717, 1.165) is 5.56 Å². The van der Waals surface area contributed by atoms with Gasteiger partial charge in [0.25, 0.3) is 0 Å². The number of nitrogens with zero attached hydrogens (tertiary/aromatic N) is 1. The van der Waals surface area contributed by atoms with E-state index in [1.165, 1.54) is 0 Å². The van der Waals surface area contributed by atoms with E-state index < -0.39 is 11.6 Å². The molecule has 0 radical (unpaired) electrons. The molecule has 1 fully saturated rings. The number of aryl methyl sites for hydroxylation is 1. The number of aliphatic hydroxyl groups is 1. The summed E-state index contributed by atoms with van der Waals surface area (Å²) >= 11 is 0. The lowest BCUT2D eigenvalue weighted by Gasteiger charge is -2.29. The third-order valence-corrected chi connectivity index (χ3v) is 3.30. The van der Waals surface area contributed by atoms with Crippen LogP contribution in [0.2, 0.25) is 0 Å². The molecule has 6 nitrogen and oxygen atoms in total. The fourth-order valence-electron chi connectivity index (χ4n) is 2.33. The van der Waals surface area contributed by atoms with Crippen LogP contribution in [0.15, 0.2) is 24.3 Å². The van der Waals surface area contributed by atoms with Gasteiger partial charge in [-0.1, -0.05) is 12.1 Å². The molecular weight excluding hydrogens is 274 g/mol. The smallest absolute Gasteiger partial charge is 0.317 e. The molecule has 0 amide bonds. The average molecular weight is 295 g/mol. The molecule has 0 aliphatic carbocycles. The van der Waals surface area contributed by atoms with Crippen LogP contribution < -0.4 is 4.74 Å². The minimum absolute atomic E-state index is 0.0621. The maximum Gasteiger partial charge on any atom is 0.317 e. The number of carboxylic acids is 1. The van der Waals surface area contributed by atoms with Crippen LogP contribution in [0.4, 0.5) is 0 Å². The first-order chi connectivity index (χ1) is 9.97. The Bertz CT molecular complexity index is 493. The van der Waals surface area contributed by atoms with Gasteiger partial charge < -0.3 is 19.7 Å². The van der Waals surface area contributed by atoms with Gasteiger partial charge in [0.1, 0.15) is 18.0 Å². The number of hydrogen-bond acceptors (Lipinski definition) is 5. The van der Waals surface area contributed by atoms with Crippen molar-refractivity contribution in [1.29, 1.82) is 0 Å². The zero-order chi connectivity index (χ0) is 15.3. The van der Waals surface area contributed by atoms with Crippen molar-refractivity contribution in [2.45, 2.75) is 12.5 Å². The van der Waals surface area contributed by atoms with Crippen molar-refractivity contribution in [3.05, 3.63) is 29.8 Å². The van der Waals surface area contributed by atoms with Crippen LogP contribution in [0.1, 0.15) is 5.56 Å². The molecule has 0 spiro atoms. The number of benzene rings is 1. The van der Waals surface area contributed by atoms with E-state index in [4.69, 9.17) is 14.6 Å². The normalized spacial score (nSPS) is 23.5. The average Bonchev–Trinajstić information content (AvgIpc) is 2.58. The molecule has 1 aliphatic rings. The number of aliphatic carboxylic acids is 1. The number of rotatable bonds is 5. The number of ether oxygens (including phenoxy) is 2. The number of hydrogen-bond donors (Lipinski definition) is 2. The van der Waals surface area contributed by atoms with Crippen molar-refractivity contribution >= 4 is 5.97 Å². The summed E-state index contributed by atoms with van der Waals surface area (Å²) in [5.41, 5.74) is -0.139. The molecular formula is C15H21NO5. The van der Waals surface area contributed by atoms with E-state index in [2.05, 4.69) is 0 Å². The van der Waals surface area contributed by atoms with Crippen LogP contribution in [0.25, 0.3) is 0 Å². The predicted molar refractivity (Wildman–Crippen MR) is 76.5 cm³/mol. The van der Waals surface area contributed by atoms with Gasteiger partial charge in [-0.2, -0.15) is 0 Å². The summed E-state index contributed by atoms with van der Waals surface area (Å²) in [6.45, 7) is 3.15. The number of β-amino-alcohol motifs (C(OH)–C–C–N with tert-alkyl or cyclic N) is 1. The molecule has 2 rings (SSSR count). The Morgan fingerprint density at radius 2 is 2.33 bits per heavy atom. The van der Waals surface area contributed by atoms with Crippen LogP contribution >= 0.6 is 0 Å². The van der Waals surface area contributed by atoms with Gasteiger partial charge in [-0.3, -0.25) is 9.69 Å². The van der Waals surface area contributed by atoms with Gasteiger partial charge in [0.2, 0.25) is 0 Å². The van der Waals surface area contributed by atoms with Gasteiger partial charge in [-0.15, -0.1) is 0 Å². The van der Waals surface area contributed by atoms with Gasteiger partial charge in [0.05, 0.1) is 19.8 Å². The molecule has 2 N–H and O–H groups in total. The molecule has 116 valence electrons. The minimum atomic E-state index is -1.21. The van der Waals surface area contributed by atoms with Crippen molar-refractivity contribution in [3.63, 3.8) is 0 Å². The van der Waals surface area contributed by atoms with Gasteiger partial charge in [0, 0.05) is 13.1 Å². The molecule has 1 unspecified atom stereocenters. The molecule has 1 heterocycles. The Balaban J connectivity index is 1.96. The second kappa shape index (κ2) is 6.89. The summed E-state index contributed by atoms with van der Waals surface area (Å²) in [6, 6.07) is 7.55. The maximum atomic E-state index is 10.8. The van der Waals surface area contributed by atoms with Crippen molar-refractivity contribution < 1.29 is 24.5 Å². The van der Waals surface area contributed by atoms with Crippen LogP contribution in [-0.2, 0) is 9.53 Å². The molecule has 1 aliphatic heterocycles. The molecule has 0 bridgehead atoms. The number of carboxylic acid groups (broad SMARTS) is 1. The first-order valence-corrected chi connectivity index (χ1v) is 6.91. The lowest BCUT2D eigenvalue weighted by molar-refractivity contribution is -0.139. The van der Waals surface area contributed by atoms with Crippen LogP contribution in [-0.4, -0.2) is 66.1 Å². The first kappa shape index (κ1) is 15.8. The SMILES string of the molecule is Cc1cccc(OCC2(O)COCCN(CC(=O)O)C2)c1. The van der Waals surface area contributed by atoms with E-state index in [-0.39, 0.29) is 26.3 Å². The molecule has 1 aromatic rings. The summed E-state index contributed by atoms with van der Waals surface area (Å²) < 4.78 is 11.0. The van der Waals surface area contributed by atoms with Crippen molar-refractivity contribution in [2.24, 2.45) is 0 Å². The Morgan fingerprint density at radius 1 is 1.52 bits per heavy atom. The highest BCUT2D eigenvalue weighted by atomic mass is 16.5. The van der Waals surface area contributed by atoms with Crippen LogP contribution in [0, 0.1) is 6.92 Å². The molecule has 0 saturated carbocycles.